The number of nitrogens with zero attached hydrogens (tertiary/aromatic N) is 3. The molecule has 2 heterocycles. The summed E-state index contributed by atoms with van der Waals surface area (Å²) in [7, 11) is 0. The molecule has 1 aliphatic carbocycles. The molecule has 1 aromatic rings. The molecule has 2 aliphatic heterocycles. The third-order valence-corrected chi connectivity index (χ3v) is 9.92. The van der Waals surface area contributed by atoms with E-state index >= 15 is 4.39 Å². The molecule has 7 heteroatoms. The first-order valence-electron chi connectivity index (χ1n) is 16.4. The Morgan fingerprint density at radius 2 is 2.00 bits per heavy atom. The average molecular weight is 598 g/mol. The second-order valence-corrected chi connectivity index (χ2v) is 13.5. The number of allylic oxidation sites excluding steroid dienone is 2. The maximum absolute atomic E-state index is 15.1. The molecule has 1 saturated carbocycles. The zero-order chi connectivity index (χ0) is 29.8. The number of rotatable bonds is 14. The van der Waals surface area contributed by atoms with Crippen LogP contribution in [0.5, 0.6) is 0 Å². The smallest absolute Gasteiger partial charge is 0.127 e. The van der Waals surface area contributed by atoms with Crippen LogP contribution in [0.25, 0.3) is 0 Å². The summed E-state index contributed by atoms with van der Waals surface area (Å²) in [5.41, 5.74) is 3.31. The highest BCUT2D eigenvalue weighted by Crippen LogP contribution is 2.49. The lowest BCUT2D eigenvalue weighted by atomic mass is 9.59. The van der Waals surface area contributed by atoms with Crippen molar-refractivity contribution >= 4 is 24.2 Å². The molecule has 5 nitrogen and oxygen atoms in total. The number of nitrogens with one attached hydrogen (secondary N) is 2. The van der Waals surface area contributed by atoms with Crippen molar-refractivity contribution in [2.75, 3.05) is 32.7 Å². The molecule has 4 rings (SSSR count). The number of halogens is 2. The van der Waals surface area contributed by atoms with Gasteiger partial charge in [-0.05, 0) is 80.5 Å². The lowest BCUT2D eigenvalue weighted by molar-refractivity contribution is -0.0730. The van der Waals surface area contributed by atoms with Crippen molar-refractivity contribution in [3.63, 3.8) is 0 Å². The van der Waals surface area contributed by atoms with Gasteiger partial charge in [-0.15, -0.1) is 0 Å². The Hall–Kier alpha value is -2.18. The molecule has 2 N–H and O–H groups in total. The topological polar surface area (TPSA) is 52.0 Å². The molecular formula is C35H53ClFN5. The molecule has 42 heavy (non-hydrogen) atoms. The van der Waals surface area contributed by atoms with Gasteiger partial charge < -0.3 is 15.5 Å². The molecule has 0 aromatic heterocycles. The number of hydrogen-bond acceptors (Lipinski definition) is 5. The van der Waals surface area contributed by atoms with Gasteiger partial charge in [-0.25, -0.2) is 4.39 Å². The van der Waals surface area contributed by atoms with Crippen molar-refractivity contribution in [1.29, 1.82) is 0 Å². The summed E-state index contributed by atoms with van der Waals surface area (Å²) in [5.74, 6) is 1.30. The van der Waals surface area contributed by atoms with Gasteiger partial charge >= 0.3 is 0 Å². The minimum absolute atomic E-state index is 0.0929. The summed E-state index contributed by atoms with van der Waals surface area (Å²) in [6, 6.07) is 6.47. The van der Waals surface area contributed by atoms with Crippen molar-refractivity contribution in [3.05, 3.63) is 58.7 Å². The third-order valence-electron chi connectivity index (χ3n) is 9.71. The van der Waals surface area contributed by atoms with E-state index in [1.54, 1.807) is 24.8 Å². The van der Waals surface area contributed by atoms with Crippen molar-refractivity contribution in [3.8, 4) is 0 Å². The highest BCUT2D eigenvalue weighted by molar-refractivity contribution is 6.39. The molecule has 0 bridgehead atoms. The normalized spacial score (nSPS) is 24.0. The van der Waals surface area contributed by atoms with Gasteiger partial charge in [0.15, 0.2) is 0 Å². The van der Waals surface area contributed by atoms with Crippen molar-refractivity contribution in [2.45, 2.75) is 96.9 Å². The summed E-state index contributed by atoms with van der Waals surface area (Å²) in [6.07, 6.45) is 18.5. The first-order chi connectivity index (χ1) is 20.4. The summed E-state index contributed by atoms with van der Waals surface area (Å²) in [5, 5.41) is 7.39. The van der Waals surface area contributed by atoms with Gasteiger partial charge in [-0.1, -0.05) is 69.8 Å². The summed E-state index contributed by atoms with van der Waals surface area (Å²) >= 11 is 6.08. The maximum atomic E-state index is 15.1. The molecule has 3 aliphatic rings. The SMILES string of the molecule is C=C(Cc1ccc(CCCCC2CCN=CN/C=C(/Cl)C=NCC2)cc1F)N1CC2(CCC2NCCC(C)CCC)C1. The predicted octanol–water partition coefficient (Wildman–Crippen LogP) is 7.65. The number of hydrogen-bond donors (Lipinski definition) is 2. The molecule has 1 saturated heterocycles. The van der Waals surface area contributed by atoms with Crippen molar-refractivity contribution in [1.82, 2.24) is 15.5 Å². The summed E-state index contributed by atoms with van der Waals surface area (Å²) in [6.45, 7) is 13.8. The van der Waals surface area contributed by atoms with Crippen LogP contribution in [-0.2, 0) is 12.8 Å². The molecule has 3 atom stereocenters. The van der Waals surface area contributed by atoms with Crippen LogP contribution < -0.4 is 10.6 Å². The molecular weight excluding hydrogens is 545 g/mol. The van der Waals surface area contributed by atoms with Crippen molar-refractivity contribution in [2.24, 2.45) is 27.2 Å². The van der Waals surface area contributed by atoms with Gasteiger partial charge in [0, 0.05) is 62.2 Å². The average Bonchev–Trinajstić information content (AvgIpc) is 2.92. The zero-order valence-corrected chi connectivity index (χ0v) is 26.8. The molecule has 232 valence electrons. The quantitative estimate of drug-likeness (QED) is 0.217. The summed E-state index contributed by atoms with van der Waals surface area (Å²) in [4.78, 5) is 11.2. The minimum Gasteiger partial charge on any atom is -0.374 e. The lowest BCUT2D eigenvalue weighted by Crippen LogP contribution is -2.69. The van der Waals surface area contributed by atoms with Crippen LogP contribution in [0, 0.1) is 23.1 Å². The van der Waals surface area contributed by atoms with E-state index < -0.39 is 0 Å². The Balaban J connectivity index is 1.15. The second kappa shape index (κ2) is 16.6. The molecule has 0 radical (unpaired) electrons. The van der Waals surface area contributed by atoms with Crippen LogP contribution in [0.2, 0.25) is 0 Å². The van der Waals surface area contributed by atoms with Gasteiger partial charge in [0.05, 0.1) is 11.4 Å². The molecule has 1 spiro atoms. The van der Waals surface area contributed by atoms with E-state index in [0.29, 0.717) is 28.8 Å². The first kappa shape index (κ1) is 32.7. The van der Waals surface area contributed by atoms with Crippen LogP contribution in [0.4, 0.5) is 4.39 Å². The third kappa shape index (κ3) is 9.67. The first-order valence-corrected chi connectivity index (χ1v) is 16.8. The van der Waals surface area contributed by atoms with Crippen LogP contribution in [0.1, 0.15) is 89.2 Å². The molecule has 2 fully saturated rings. The monoisotopic (exact) mass is 597 g/mol. The highest BCUT2D eigenvalue weighted by atomic mass is 35.5. The zero-order valence-electron chi connectivity index (χ0n) is 26.0. The van der Waals surface area contributed by atoms with Crippen LogP contribution in [0.3, 0.4) is 0 Å². The van der Waals surface area contributed by atoms with E-state index in [-0.39, 0.29) is 5.82 Å². The Bertz CT molecular complexity index is 1090. The minimum atomic E-state index is -0.0929. The molecule has 3 unspecified atom stereocenters. The number of aliphatic imine (C=N–C) groups is 2. The number of aryl methyl sites for hydroxylation is 1. The lowest BCUT2D eigenvalue weighted by Gasteiger charge is -2.62. The van der Waals surface area contributed by atoms with Gasteiger partial charge in [0.25, 0.3) is 0 Å². The Kier molecular flexibility index (Phi) is 12.9. The Morgan fingerprint density at radius 1 is 1.19 bits per heavy atom. The fourth-order valence-corrected chi connectivity index (χ4v) is 6.96. The van der Waals surface area contributed by atoms with Crippen molar-refractivity contribution < 1.29 is 4.39 Å². The van der Waals surface area contributed by atoms with Crippen LogP contribution in [0.15, 0.2) is 51.7 Å². The van der Waals surface area contributed by atoms with Gasteiger partial charge in [-0.3, -0.25) is 9.98 Å². The highest BCUT2D eigenvalue weighted by Gasteiger charge is 2.54. The molecule has 0 amide bonds. The fraction of sp³-hybridized carbons (Fsp3) is 0.657. The van der Waals surface area contributed by atoms with E-state index in [9.17, 15) is 0 Å². The number of unbranched alkanes of at least 4 members (excludes halogenated alkanes) is 1. The van der Waals surface area contributed by atoms with E-state index in [2.05, 4.69) is 52.0 Å². The molecule has 1 aromatic carbocycles. The predicted molar refractivity (Wildman–Crippen MR) is 177 cm³/mol. The number of likely N-dealkylation sites (tertiary alicyclic amines) is 1. The Morgan fingerprint density at radius 3 is 2.74 bits per heavy atom. The largest absolute Gasteiger partial charge is 0.374 e. The fourth-order valence-electron chi connectivity index (χ4n) is 6.83. The van der Waals surface area contributed by atoms with Gasteiger partial charge in [0.1, 0.15) is 5.82 Å². The van der Waals surface area contributed by atoms with E-state index in [4.69, 9.17) is 11.6 Å². The van der Waals surface area contributed by atoms with E-state index in [1.807, 2.05) is 6.07 Å². The second-order valence-electron chi connectivity index (χ2n) is 13.1. The van der Waals surface area contributed by atoms with E-state index in [0.717, 1.165) is 94.0 Å². The Labute approximate surface area is 259 Å². The van der Waals surface area contributed by atoms with Crippen LogP contribution >= 0.6 is 11.6 Å². The van der Waals surface area contributed by atoms with Gasteiger partial charge in [-0.2, -0.15) is 0 Å². The van der Waals surface area contributed by atoms with E-state index in [1.165, 1.54) is 32.1 Å². The number of benzene rings is 1. The maximum Gasteiger partial charge on any atom is 0.127 e. The van der Waals surface area contributed by atoms with Gasteiger partial charge in [0.2, 0.25) is 0 Å². The van der Waals surface area contributed by atoms with Crippen LogP contribution in [-0.4, -0.2) is 56.2 Å². The summed E-state index contributed by atoms with van der Waals surface area (Å²) < 4.78 is 15.1. The standard InChI is InChI=1S/C35H53ClFN5/c1-4-7-27(2)13-19-41-34-12-16-35(34)24-42(25-35)28(3)20-31-11-10-30(21-33(31)37)9-6-5-8-29-14-17-38-22-32(36)23-40-26-39-18-15-29/h10-11,21-23,26-27,29,34,41H,3-9,12-20,24-25H2,1-2H3,(H,39,40)/b32-23+,38-22?.